The number of amides is 1. The van der Waals surface area contributed by atoms with Gasteiger partial charge in [-0.3, -0.25) is 4.31 Å². The number of ether oxygens (including phenoxy) is 1. The summed E-state index contributed by atoms with van der Waals surface area (Å²) in [5, 5.41) is 3.13. The van der Waals surface area contributed by atoms with Crippen LogP contribution in [0.4, 0.5) is 32.3 Å². The fraction of sp³-hybridized carbons (Fsp3) is 0.346. The van der Waals surface area contributed by atoms with Gasteiger partial charge in [0, 0.05) is 33.7 Å². The van der Waals surface area contributed by atoms with E-state index in [0.717, 1.165) is 12.1 Å². The van der Waals surface area contributed by atoms with Crippen molar-refractivity contribution in [2.75, 3.05) is 48.3 Å². The van der Waals surface area contributed by atoms with Crippen molar-refractivity contribution in [1.29, 1.82) is 0 Å². The average Bonchev–Trinajstić information content (AvgIpc) is 2.89. The molecule has 2 aromatic carbocycles. The van der Waals surface area contributed by atoms with Gasteiger partial charge >= 0.3 is 6.09 Å². The number of carbonyl (C=O) groups is 1. The standard InChI is InChI=1S/C26H32FN6O4S/c1-6-16-33(38(35,36)22-14-12-19(27)13-15-22)23-18-28-25(32(7-2)8-3)30-24(23)29-20-10-9-11-21(17-20)37-26(34)31(4)5/h9-15,18H,6-8,16H2,1-5H3,(H,28,29,30). The first kappa shape index (κ1) is 28.6. The molecule has 0 bridgehead atoms. The van der Waals surface area contributed by atoms with Crippen LogP contribution >= 0.6 is 0 Å². The summed E-state index contributed by atoms with van der Waals surface area (Å²) >= 11 is 0. The van der Waals surface area contributed by atoms with Crippen molar-refractivity contribution in [3.8, 4) is 5.75 Å². The third kappa shape index (κ3) is 6.68. The smallest absolute Gasteiger partial charge is 0.409 e. The molecule has 1 heterocycles. The van der Waals surface area contributed by atoms with Gasteiger partial charge < -0.3 is 19.9 Å². The number of sulfonamides is 1. The van der Waals surface area contributed by atoms with E-state index in [9.17, 15) is 17.6 Å². The summed E-state index contributed by atoms with van der Waals surface area (Å²) in [6.07, 6.45) is 1.39. The highest BCUT2D eigenvalue weighted by molar-refractivity contribution is 7.92. The molecule has 0 spiro atoms. The predicted octanol–water partition coefficient (Wildman–Crippen LogP) is 4.67. The Hall–Kier alpha value is -3.93. The van der Waals surface area contributed by atoms with Crippen LogP contribution in [0.25, 0.3) is 0 Å². The number of aromatic nitrogens is 2. The Bertz CT molecular complexity index is 1350. The van der Waals surface area contributed by atoms with E-state index >= 15 is 0 Å². The molecule has 203 valence electrons. The third-order valence-corrected chi connectivity index (χ3v) is 7.31. The highest BCUT2D eigenvalue weighted by Crippen LogP contribution is 2.33. The Balaban J connectivity index is 2.10. The minimum atomic E-state index is -4.08. The Morgan fingerprint density at radius 1 is 1.08 bits per heavy atom. The molecule has 0 saturated heterocycles. The maximum absolute atomic E-state index is 13.6. The molecule has 1 N–H and O–H groups in total. The highest BCUT2D eigenvalue weighted by Gasteiger charge is 2.28. The van der Waals surface area contributed by atoms with E-state index in [-0.39, 0.29) is 28.7 Å². The van der Waals surface area contributed by atoms with Crippen LogP contribution in [0.1, 0.15) is 27.2 Å². The van der Waals surface area contributed by atoms with Crippen molar-refractivity contribution in [1.82, 2.24) is 14.9 Å². The van der Waals surface area contributed by atoms with Crippen LogP contribution in [0.3, 0.4) is 0 Å². The second-order valence-corrected chi connectivity index (χ2v) is 10.3. The van der Waals surface area contributed by atoms with Crippen molar-refractivity contribution in [3.63, 3.8) is 0 Å². The monoisotopic (exact) mass is 543 g/mol. The molecule has 1 aromatic heterocycles. The molecule has 3 rings (SSSR count). The molecule has 38 heavy (non-hydrogen) atoms. The lowest BCUT2D eigenvalue weighted by Crippen LogP contribution is -2.33. The maximum atomic E-state index is 13.6. The van der Waals surface area contributed by atoms with Crippen LogP contribution in [0.15, 0.2) is 53.6 Å². The molecule has 0 aliphatic heterocycles. The first-order valence-corrected chi connectivity index (χ1v) is 13.6. The Morgan fingerprint density at radius 2 is 1.76 bits per heavy atom. The van der Waals surface area contributed by atoms with Gasteiger partial charge in [-0.15, -0.1) is 0 Å². The van der Waals surface area contributed by atoms with Gasteiger partial charge in [0.1, 0.15) is 17.3 Å². The summed E-state index contributed by atoms with van der Waals surface area (Å²) in [7, 11) is -0.946. The maximum Gasteiger partial charge on any atom is 0.414 e. The predicted molar refractivity (Wildman–Crippen MR) is 145 cm³/mol. The lowest BCUT2D eigenvalue weighted by molar-refractivity contribution is 0.172. The van der Waals surface area contributed by atoms with Crippen LogP contribution in [0, 0.1) is 11.9 Å². The van der Waals surface area contributed by atoms with Gasteiger partial charge in [0.25, 0.3) is 10.0 Å². The first-order chi connectivity index (χ1) is 18.1. The molecule has 0 aliphatic rings. The fourth-order valence-electron chi connectivity index (χ4n) is 3.50. The van der Waals surface area contributed by atoms with E-state index in [4.69, 9.17) is 4.74 Å². The molecule has 10 nitrogen and oxygen atoms in total. The zero-order valence-electron chi connectivity index (χ0n) is 22.1. The van der Waals surface area contributed by atoms with Crippen molar-refractivity contribution in [3.05, 3.63) is 60.5 Å². The summed E-state index contributed by atoms with van der Waals surface area (Å²) < 4.78 is 47.3. The Morgan fingerprint density at radius 3 is 2.37 bits per heavy atom. The molecular formula is C26H32FN6O4S. The lowest BCUT2D eigenvalue weighted by Gasteiger charge is -2.27. The molecular weight excluding hydrogens is 511 g/mol. The minimum absolute atomic E-state index is 0.0599. The molecule has 1 radical (unpaired) electrons. The van der Waals surface area contributed by atoms with Crippen LogP contribution in [0.5, 0.6) is 5.75 Å². The van der Waals surface area contributed by atoms with Crippen molar-refractivity contribution < 1.29 is 22.3 Å². The molecule has 0 aliphatic carbocycles. The zero-order chi connectivity index (χ0) is 27.9. The molecule has 0 saturated carbocycles. The lowest BCUT2D eigenvalue weighted by atomic mass is 10.3. The number of benzene rings is 2. The van der Waals surface area contributed by atoms with E-state index in [1.165, 1.54) is 27.5 Å². The van der Waals surface area contributed by atoms with Crippen LogP contribution in [-0.2, 0) is 10.0 Å². The van der Waals surface area contributed by atoms with Crippen molar-refractivity contribution >= 4 is 39.3 Å². The Labute approximate surface area is 223 Å². The number of hydrogen-bond acceptors (Lipinski definition) is 8. The van der Waals surface area contributed by atoms with Gasteiger partial charge in [-0.05, 0) is 56.7 Å². The fourth-order valence-corrected chi connectivity index (χ4v) is 5.05. The number of rotatable bonds is 11. The molecule has 3 aromatic rings. The van der Waals surface area contributed by atoms with Crippen LogP contribution in [-0.4, -0.2) is 63.1 Å². The van der Waals surface area contributed by atoms with E-state index < -0.39 is 21.9 Å². The second-order valence-electron chi connectivity index (χ2n) is 8.42. The summed E-state index contributed by atoms with van der Waals surface area (Å²) in [6.45, 7) is 7.20. The number of nitrogens with one attached hydrogen (secondary N) is 1. The number of carbonyl (C=O) groups excluding carboxylic acids is 1. The average molecular weight is 544 g/mol. The van der Waals surface area contributed by atoms with E-state index in [2.05, 4.69) is 21.4 Å². The van der Waals surface area contributed by atoms with Gasteiger partial charge in [0.2, 0.25) is 5.95 Å². The molecule has 0 fully saturated rings. The summed E-state index contributed by atoms with van der Waals surface area (Å²) in [5.41, 5.74) is 0.603. The molecule has 0 unspecified atom stereocenters. The minimum Gasteiger partial charge on any atom is -0.409 e. The van der Waals surface area contributed by atoms with Crippen LogP contribution < -0.4 is 19.3 Å². The summed E-state index contributed by atoms with van der Waals surface area (Å²) in [4.78, 5) is 24.2. The number of nitrogens with zero attached hydrogens (tertiary/aromatic N) is 5. The zero-order valence-corrected chi connectivity index (χ0v) is 22.9. The van der Waals surface area contributed by atoms with Crippen molar-refractivity contribution in [2.45, 2.75) is 32.1 Å². The largest absolute Gasteiger partial charge is 0.414 e. The summed E-state index contributed by atoms with van der Waals surface area (Å²) in [6, 6.07) is 12.6. The quantitative estimate of drug-likeness (QED) is 0.372. The van der Waals surface area contributed by atoms with E-state index in [1.54, 1.807) is 32.3 Å². The molecule has 12 heteroatoms. The number of anilines is 4. The molecule has 0 atom stereocenters. The van der Waals surface area contributed by atoms with E-state index in [0.29, 0.717) is 31.1 Å². The second kappa shape index (κ2) is 12.5. The van der Waals surface area contributed by atoms with Gasteiger partial charge in [-0.2, -0.15) is 4.98 Å². The Kier molecular flexibility index (Phi) is 9.45. The van der Waals surface area contributed by atoms with Gasteiger partial charge in [0.05, 0.1) is 22.8 Å². The van der Waals surface area contributed by atoms with E-state index in [1.807, 2.05) is 25.7 Å². The molecule has 1 amide bonds. The van der Waals surface area contributed by atoms with Crippen molar-refractivity contribution in [2.24, 2.45) is 0 Å². The SMILES string of the molecule is CCCN(c1cnc(N(CC)CC)nc1Nc1[c]c(OC(=O)N(C)C)ccc1)S(=O)(=O)c1ccc(F)cc1. The number of hydrogen-bond donors (Lipinski definition) is 1. The topological polar surface area (TPSA) is 108 Å². The third-order valence-electron chi connectivity index (χ3n) is 5.48. The van der Waals surface area contributed by atoms with Gasteiger partial charge in [-0.1, -0.05) is 13.0 Å². The van der Waals surface area contributed by atoms with Gasteiger partial charge in [-0.25, -0.2) is 22.6 Å². The highest BCUT2D eigenvalue weighted by atomic mass is 32.2. The van der Waals surface area contributed by atoms with Crippen LogP contribution in [0.2, 0.25) is 0 Å². The number of halogens is 1. The first-order valence-electron chi connectivity index (χ1n) is 12.2. The van der Waals surface area contributed by atoms with Gasteiger partial charge in [0.15, 0.2) is 5.82 Å². The normalized spacial score (nSPS) is 11.1. The summed E-state index contributed by atoms with van der Waals surface area (Å²) in [5.74, 6) is 0.267.